The van der Waals surface area contributed by atoms with Crippen LogP contribution in [0.5, 0.6) is 0 Å². The molecule has 2 aromatic carbocycles. The van der Waals surface area contributed by atoms with Crippen molar-refractivity contribution in [1.82, 2.24) is 15.1 Å². The first-order chi connectivity index (χ1) is 19.0. The minimum absolute atomic E-state index is 0.00167. The molecule has 6 nitrogen and oxygen atoms in total. The second-order valence-corrected chi connectivity index (χ2v) is 11.6. The number of alkyl halides is 3. The highest BCUT2D eigenvalue weighted by atomic mass is 35.5. The highest BCUT2D eigenvalue weighted by Gasteiger charge is 2.52. The SMILES string of the molecule is C[C@H]1CN(Cc2c(Cl)cccc2C(F)(F)F)C[C@@]1(CC(=O)O)C(=O)NC1CCN(CCCc2ccccc2)CC1. The fourth-order valence-electron chi connectivity index (χ4n) is 6.17. The third kappa shape index (κ3) is 7.36. The molecule has 40 heavy (non-hydrogen) atoms. The van der Waals surface area contributed by atoms with E-state index >= 15 is 0 Å². The summed E-state index contributed by atoms with van der Waals surface area (Å²) in [4.78, 5) is 29.7. The lowest BCUT2D eigenvalue weighted by molar-refractivity contribution is -0.147. The Kier molecular flexibility index (Phi) is 9.80. The van der Waals surface area contributed by atoms with Gasteiger partial charge in [-0.2, -0.15) is 13.2 Å². The third-order valence-corrected chi connectivity index (χ3v) is 8.77. The van der Waals surface area contributed by atoms with Crippen LogP contribution in [0.25, 0.3) is 0 Å². The molecule has 2 aliphatic rings. The molecule has 0 radical (unpaired) electrons. The Hall–Kier alpha value is -2.62. The molecule has 2 heterocycles. The second kappa shape index (κ2) is 12.9. The van der Waals surface area contributed by atoms with E-state index in [1.807, 2.05) is 18.2 Å². The van der Waals surface area contributed by atoms with Crippen molar-refractivity contribution in [1.29, 1.82) is 0 Å². The molecule has 0 spiro atoms. The van der Waals surface area contributed by atoms with Crippen molar-refractivity contribution in [3.8, 4) is 0 Å². The molecule has 2 saturated heterocycles. The van der Waals surface area contributed by atoms with Gasteiger partial charge in [-0.15, -0.1) is 0 Å². The number of halogens is 4. The minimum Gasteiger partial charge on any atom is -0.481 e. The number of rotatable bonds is 10. The number of carboxylic acid groups (broad SMARTS) is 1. The van der Waals surface area contributed by atoms with Crippen LogP contribution in [0.2, 0.25) is 5.02 Å². The number of hydrogen-bond donors (Lipinski definition) is 2. The van der Waals surface area contributed by atoms with Gasteiger partial charge in [0.25, 0.3) is 0 Å². The summed E-state index contributed by atoms with van der Waals surface area (Å²) in [6.45, 7) is 4.70. The van der Waals surface area contributed by atoms with Gasteiger partial charge in [0.05, 0.1) is 17.4 Å². The van der Waals surface area contributed by atoms with Gasteiger partial charge >= 0.3 is 12.1 Å². The number of nitrogens with one attached hydrogen (secondary N) is 1. The largest absolute Gasteiger partial charge is 0.481 e. The molecular weight excluding hydrogens is 543 g/mol. The molecule has 0 saturated carbocycles. The van der Waals surface area contributed by atoms with Gasteiger partial charge in [0.15, 0.2) is 0 Å². The molecule has 10 heteroatoms. The molecule has 0 bridgehead atoms. The van der Waals surface area contributed by atoms with Crippen molar-refractivity contribution in [2.75, 3.05) is 32.7 Å². The van der Waals surface area contributed by atoms with Crippen LogP contribution in [-0.2, 0) is 28.7 Å². The lowest BCUT2D eigenvalue weighted by atomic mass is 9.75. The smallest absolute Gasteiger partial charge is 0.416 e. The Morgan fingerprint density at radius 1 is 1.07 bits per heavy atom. The number of aryl methyl sites for hydroxylation is 1. The highest BCUT2D eigenvalue weighted by Crippen LogP contribution is 2.42. The van der Waals surface area contributed by atoms with Crippen LogP contribution in [0.1, 0.15) is 49.3 Å². The van der Waals surface area contributed by atoms with E-state index in [1.54, 1.807) is 11.8 Å². The van der Waals surface area contributed by atoms with Crippen molar-refractivity contribution in [2.24, 2.45) is 11.3 Å². The molecule has 4 rings (SSSR count). The van der Waals surface area contributed by atoms with E-state index in [2.05, 4.69) is 22.3 Å². The molecule has 218 valence electrons. The van der Waals surface area contributed by atoms with Crippen LogP contribution in [-0.4, -0.2) is 65.5 Å². The van der Waals surface area contributed by atoms with Gasteiger partial charge in [-0.25, -0.2) is 0 Å². The lowest BCUT2D eigenvalue weighted by Gasteiger charge is -2.36. The maximum absolute atomic E-state index is 13.7. The predicted octanol–water partition coefficient (Wildman–Crippen LogP) is 5.49. The summed E-state index contributed by atoms with van der Waals surface area (Å²) in [5.41, 5.74) is -0.797. The monoisotopic (exact) mass is 579 g/mol. The van der Waals surface area contributed by atoms with Crippen molar-refractivity contribution in [2.45, 2.75) is 57.8 Å². The van der Waals surface area contributed by atoms with Crippen molar-refractivity contribution in [3.05, 3.63) is 70.2 Å². The fourth-order valence-corrected chi connectivity index (χ4v) is 6.40. The molecule has 0 unspecified atom stereocenters. The van der Waals surface area contributed by atoms with Gasteiger partial charge in [-0.1, -0.05) is 54.9 Å². The Labute approximate surface area is 238 Å². The molecule has 2 aliphatic heterocycles. The van der Waals surface area contributed by atoms with Gasteiger partial charge in [-0.3, -0.25) is 14.5 Å². The van der Waals surface area contributed by atoms with Gasteiger partial charge in [0.1, 0.15) is 0 Å². The third-order valence-electron chi connectivity index (χ3n) is 8.41. The minimum atomic E-state index is -4.57. The first-order valence-corrected chi connectivity index (χ1v) is 14.2. The fraction of sp³-hybridized carbons (Fsp3) is 0.533. The Morgan fingerprint density at radius 2 is 1.77 bits per heavy atom. The van der Waals surface area contributed by atoms with Crippen LogP contribution in [0, 0.1) is 11.3 Å². The number of aliphatic carboxylic acids is 1. The number of likely N-dealkylation sites (tertiary alicyclic amines) is 2. The molecule has 1 amide bonds. The van der Waals surface area contributed by atoms with Gasteiger partial charge in [0.2, 0.25) is 5.91 Å². The molecule has 2 N–H and O–H groups in total. The number of benzene rings is 2. The zero-order valence-electron chi connectivity index (χ0n) is 22.7. The number of carboxylic acids is 1. The lowest BCUT2D eigenvalue weighted by Crippen LogP contribution is -2.53. The van der Waals surface area contributed by atoms with E-state index in [4.69, 9.17) is 11.6 Å². The van der Waals surface area contributed by atoms with Crippen molar-refractivity contribution >= 4 is 23.5 Å². The summed E-state index contributed by atoms with van der Waals surface area (Å²) in [6, 6.07) is 14.0. The predicted molar refractivity (Wildman–Crippen MR) is 148 cm³/mol. The van der Waals surface area contributed by atoms with Crippen LogP contribution < -0.4 is 5.32 Å². The van der Waals surface area contributed by atoms with Gasteiger partial charge in [0, 0.05) is 43.8 Å². The summed E-state index contributed by atoms with van der Waals surface area (Å²) < 4.78 is 40.9. The van der Waals surface area contributed by atoms with E-state index in [9.17, 15) is 27.9 Å². The first kappa shape index (κ1) is 30.3. The normalized spacial score (nSPS) is 22.9. The Balaban J connectivity index is 1.36. The molecule has 2 atom stereocenters. The summed E-state index contributed by atoms with van der Waals surface area (Å²) in [7, 11) is 0. The number of hydrogen-bond acceptors (Lipinski definition) is 4. The molecule has 2 fully saturated rings. The van der Waals surface area contributed by atoms with Crippen LogP contribution in [0.4, 0.5) is 13.2 Å². The van der Waals surface area contributed by atoms with E-state index < -0.39 is 23.1 Å². The topological polar surface area (TPSA) is 72.9 Å². The Bertz CT molecular complexity index is 1170. The quantitative estimate of drug-likeness (QED) is 0.390. The van der Waals surface area contributed by atoms with Crippen LogP contribution >= 0.6 is 11.6 Å². The molecule has 2 aromatic rings. The van der Waals surface area contributed by atoms with Gasteiger partial charge < -0.3 is 15.3 Å². The van der Waals surface area contributed by atoms with Gasteiger partial charge in [-0.05, 0) is 61.4 Å². The summed E-state index contributed by atoms with van der Waals surface area (Å²) in [5, 5.41) is 12.8. The highest BCUT2D eigenvalue weighted by molar-refractivity contribution is 6.31. The molecule has 0 aromatic heterocycles. The average Bonchev–Trinajstić information content (AvgIpc) is 3.21. The van der Waals surface area contributed by atoms with Crippen LogP contribution in [0.15, 0.2) is 48.5 Å². The maximum Gasteiger partial charge on any atom is 0.416 e. The van der Waals surface area contributed by atoms with E-state index in [0.29, 0.717) is 6.54 Å². The zero-order chi connectivity index (χ0) is 28.9. The number of nitrogens with zero attached hydrogens (tertiary/aromatic N) is 2. The standard InChI is InChI=1S/C30H37ClF3N3O3/c1-21-18-37(19-24-25(30(32,33)34)10-5-11-26(24)31)20-29(21,17-27(38)39)28(40)35-23-12-15-36(16-13-23)14-6-9-22-7-3-2-4-8-22/h2-5,7-8,10-11,21,23H,6,9,12-20H2,1H3,(H,35,40)(H,38,39)/t21-,29+/m0/s1. The number of carbonyl (C=O) groups excluding carboxylic acids is 1. The summed E-state index contributed by atoms with van der Waals surface area (Å²) >= 11 is 6.17. The average molecular weight is 580 g/mol. The maximum atomic E-state index is 13.7. The summed E-state index contributed by atoms with van der Waals surface area (Å²) in [6.07, 6.45) is -1.35. The van der Waals surface area contributed by atoms with E-state index in [1.165, 1.54) is 17.7 Å². The zero-order valence-corrected chi connectivity index (χ0v) is 23.5. The van der Waals surface area contributed by atoms with Crippen molar-refractivity contribution < 1.29 is 27.9 Å². The molecule has 0 aliphatic carbocycles. The van der Waals surface area contributed by atoms with E-state index in [-0.39, 0.29) is 48.0 Å². The molecular formula is C30H37ClF3N3O3. The number of piperidine rings is 1. The van der Waals surface area contributed by atoms with Crippen LogP contribution in [0.3, 0.4) is 0 Å². The first-order valence-electron chi connectivity index (χ1n) is 13.8. The second-order valence-electron chi connectivity index (χ2n) is 11.2. The summed E-state index contributed by atoms with van der Waals surface area (Å²) in [5.74, 6) is -1.80. The Morgan fingerprint density at radius 3 is 2.42 bits per heavy atom. The number of carbonyl (C=O) groups is 2. The number of amides is 1. The van der Waals surface area contributed by atoms with Crippen molar-refractivity contribution in [3.63, 3.8) is 0 Å². The van der Waals surface area contributed by atoms with E-state index in [0.717, 1.165) is 51.4 Å².